The van der Waals surface area contributed by atoms with Crippen LogP contribution in [0, 0.1) is 12.7 Å². The van der Waals surface area contributed by atoms with Crippen LogP contribution in [0.15, 0.2) is 76.6 Å². The van der Waals surface area contributed by atoms with Gasteiger partial charge in [0, 0.05) is 5.69 Å². The van der Waals surface area contributed by atoms with Gasteiger partial charge in [0.15, 0.2) is 11.8 Å². The van der Waals surface area contributed by atoms with Gasteiger partial charge in [0.1, 0.15) is 11.6 Å². The lowest BCUT2D eigenvalue weighted by atomic mass is 10.2. The molecule has 1 fully saturated rings. The molecule has 1 saturated heterocycles. The molecule has 2 N–H and O–H groups in total. The standard InChI is InChI=1S/C25H19ClFN3O3S/c1-15-2-7-19(8-3-15)29-25-30-24(32)22(34-25)13-16-4-11-21(20(26)12-16)33-14-23(31)28-18-9-5-17(27)6-10-18/h2-13H,14H2,1H3,(H,28,31)(H,29,30,32)/b22-13+. The Morgan fingerprint density at radius 3 is 2.59 bits per heavy atom. The minimum absolute atomic E-state index is 0.246. The van der Waals surface area contributed by atoms with Crippen molar-refractivity contribution in [2.75, 3.05) is 11.9 Å². The quantitative estimate of drug-likeness (QED) is 0.430. The first kappa shape index (κ1) is 23.5. The number of benzene rings is 3. The van der Waals surface area contributed by atoms with Crippen molar-refractivity contribution in [3.05, 3.63) is 93.6 Å². The summed E-state index contributed by atoms with van der Waals surface area (Å²) in [4.78, 5) is 29.3. The third-order valence-electron chi connectivity index (χ3n) is 4.66. The van der Waals surface area contributed by atoms with E-state index in [-0.39, 0.29) is 18.3 Å². The van der Waals surface area contributed by atoms with Crippen molar-refractivity contribution in [2.45, 2.75) is 6.92 Å². The number of rotatable bonds is 6. The van der Waals surface area contributed by atoms with Crippen LogP contribution in [0.2, 0.25) is 5.02 Å². The minimum Gasteiger partial charge on any atom is -0.482 e. The second-order valence-electron chi connectivity index (χ2n) is 7.35. The summed E-state index contributed by atoms with van der Waals surface area (Å²) in [7, 11) is 0. The molecule has 0 spiro atoms. The van der Waals surface area contributed by atoms with Crippen LogP contribution in [-0.2, 0) is 9.59 Å². The van der Waals surface area contributed by atoms with Gasteiger partial charge in [0.05, 0.1) is 15.6 Å². The number of hydrogen-bond acceptors (Lipinski definition) is 5. The highest BCUT2D eigenvalue weighted by Crippen LogP contribution is 2.31. The predicted molar refractivity (Wildman–Crippen MR) is 134 cm³/mol. The van der Waals surface area contributed by atoms with Gasteiger partial charge < -0.3 is 15.4 Å². The second kappa shape index (κ2) is 10.5. The summed E-state index contributed by atoms with van der Waals surface area (Å²) >= 11 is 7.54. The highest BCUT2D eigenvalue weighted by atomic mass is 35.5. The van der Waals surface area contributed by atoms with Gasteiger partial charge in [-0.3, -0.25) is 9.59 Å². The Morgan fingerprint density at radius 2 is 1.88 bits per heavy atom. The number of thioether (sulfide) groups is 1. The minimum atomic E-state index is -0.409. The van der Waals surface area contributed by atoms with Gasteiger partial charge in [-0.15, -0.1) is 0 Å². The van der Waals surface area contributed by atoms with E-state index in [2.05, 4.69) is 15.6 Å². The van der Waals surface area contributed by atoms with Gasteiger partial charge in [-0.25, -0.2) is 9.38 Å². The number of aliphatic imine (C=N–C) groups is 1. The number of halogens is 2. The van der Waals surface area contributed by atoms with Crippen LogP contribution >= 0.6 is 23.4 Å². The molecule has 172 valence electrons. The second-order valence-corrected chi connectivity index (χ2v) is 8.79. The third-order valence-corrected chi connectivity index (χ3v) is 5.86. The lowest BCUT2D eigenvalue weighted by Gasteiger charge is -2.09. The Morgan fingerprint density at radius 1 is 1.15 bits per heavy atom. The predicted octanol–water partition coefficient (Wildman–Crippen LogP) is 5.70. The van der Waals surface area contributed by atoms with Crippen LogP contribution in [0.3, 0.4) is 0 Å². The summed E-state index contributed by atoms with van der Waals surface area (Å²) in [5.41, 5.74) is 3.04. The van der Waals surface area contributed by atoms with Crippen LogP contribution in [0.1, 0.15) is 11.1 Å². The number of hydrogen-bond donors (Lipinski definition) is 2. The number of carbonyl (C=O) groups excluding carboxylic acids is 2. The number of amidine groups is 1. The van der Waals surface area contributed by atoms with E-state index in [4.69, 9.17) is 16.3 Å². The average Bonchev–Trinajstić information content (AvgIpc) is 3.14. The number of nitrogens with one attached hydrogen (secondary N) is 2. The van der Waals surface area contributed by atoms with Crippen LogP contribution in [-0.4, -0.2) is 23.6 Å². The summed E-state index contributed by atoms with van der Waals surface area (Å²) < 4.78 is 18.4. The monoisotopic (exact) mass is 495 g/mol. The maximum atomic E-state index is 13.0. The number of carbonyl (C=O) groups is 2. The summed E-state index contributed by atoms with van der Waals surface area (Å²) in [5, 5.41) is 6.15. The van der Waals surface area contributed by atoms with Crippen LogP contribution in [0.5, 0.6) is 5.75 Å². The highest BCUT2D eigenvalue weighted by molar-refractivity contribution is 8.18. The molecule has 3 aromatic carbocycles. The van der Waals surface area contributed by atoms with Crippen molar-refractivity contribution in [1.82, 2.24) is 5.32 Å². The third kappa shape index (κ3) is 6.24. The molecule has 34 heavy (non-hydrogen) atoms. The van der Waals surface area contributed by atoms with Crippen LogP contribution < -0.4 is 15.4 Å². The van der Waals surface area contributed by atoms with E-state index in [1.807, 2.05) is 31.2 Å². The number of anilines is 1. The topological polar surface area (TPSA) is 79.8 Å². The van der Waals surface area contributed by atoms with Crippen LogP contribution in [0.4, 0.5) is 15.8 Å². The maximum Gasteiger partial charge on any atom is 0.264 e. The molecular formula is C25H19ClFN3O3S. The fourth-order valence-electron chi connectivity index (χ4n) is 2.97. The summed E-state index contributed by atoms with van der Waals surface area (Å²) in [5.74, 6) is -0.722. The maximum absolute atomic E-state index is 13.0. The molecule has 4 rings (SSSR count). The number of amides is 2. The fourth-order valence-corrected chi connectivity index (χ4v) is 4.05. The number of aryl methyl sites for hydroxylation is 1. The first-order chi connectivity index (χ1) is 16.4. The first-order valence-electron chi connectivity index (χ1n) is 10.2. The van der Waals surface area contributed by atoms with Crippen molar-refractivity contribution < 1.29 is 18.7 Å². The molecule has 1 aliphatic heterocycles. The molecule has 9 heteroatoms. The largest absolute Gasteiger partial charge is 0.482 e. The van der Waals surface area contributed by atoms with E-state index in [0.717, 1.165) is 11.3 Å². The SMILES string of the molecule is Cc1ccc(N=C2NC(=O)/C(=C\c3ccc(OCC(=O)Nc4ccc(F)cc4)c(Cl)c3)S2)cc1. The van der Waals surface area contributed by atoms with Crippen molar-refractivity contribution in [2.24, 2.45) is 4.99 Å². The normalized spacial score (nSPS) is 15.4. The number of ether oxygens (including phenoxy) is 1. The van der Waals surface area contributed by atoms with Crippen molar-refractivity contribution in [3.63, 3.8) is 0 Å². The average molecular weight is 496 g/mol. The van der Waals surface area contributed by atoms with Crippen molar-refractivity contribution in [1.29, 1.82) is 0 Å². The zero-order valence-electron chi connectivity index (χ0n) is 18.0. The molecule has 0 aromatic heterocycles. The first-order valence-corrected chi connectivity index (χ1v) is 11.4. The molecule has 3 aromatic rings. The molecule has 0 aliphatic carbocycles. The number of nitrogens with zero attached hydrogens (tertiary/aromatic N) is 1. The summed E-state index contributed by atoms with van der Waals surface area (Å²) in [6.07, 6.45) is 1.70. The molecule has 6 nitrogen and oxygen atoms in total. The molecular weight excluding hydrogens is 477 g/mol. The molecule has 0 saturated carbocycles. The van der Waals surface area contributed by atoms with E-state index in [1.54, 1.807) is 24.3 Å². The van der Waals surface area contributed by atoms with E-state index in [1.165, 1.54) is 36.0 Å². The molecule has 1 heterocycles. The zero-order chi connectivity index (χ0) is 24.1. The van der Waals surface area contributed by atoms with Gasteiger partial charge >= 0.3 is 0 Å². The highest BCUT2D eigenvalue weighted by Gasteiger charge is 2.24. The van der Waals surface area contributed by atoms with Crippen molar-refractivity contribution in [3.8, 4) is 5.75 Å². The van der Waals surface area contributed by atoms with Gasteiger partial charge in [-0.05, 0) is 78.9 Å². The van der Waals surface area contributed by atoms with Gasteiger partial charge in [-0.2, -0.15) is 0 Å². The lowest BCUT2D eigenvalue weighted by molar-refractivity contribution is -0.118. The molecule has 0 unspecified atom stereocenters. The fraction of sp³-hybridized carbons (Fsp3) is 0.0800. The Kier molecular flexibility index (Phi) is 7.30. The summed E-state index contributed by atoms with van der Waals surface area (Å²) in [6.45, 7) is 1.72. The van der Waals surface area contributed by atoms with E-state index < -0.39 is 5.91 Å². The van der Waals surface area contributed by atoms with E-state index in [0.29, 0.717) is 32.1 Å². The molecule has 0 atom stereocenters. The summed E-state index contributed by atoms with van der Waals surface area (Å²) in [6, 6.07) is 18.1. The molecule has 1 aliphatic rings. The van der Waals surface area contributed by atoms with Crippen LogP contribution in [0.25, 0.3) is 6.08 Å². The van der Waals surface area contributed by atoms with E-state index >= 15 is 0 Å². The Hall–Kier alpha value is -3.62. The Bertz CT molecular complexity index is 1290. The van der Waals surface area contributed by atoms with Gasteiger partial charge in [-0.1, -0.05) is 35.4 Å². The Labute approximate surface area is 204 Å². The molecule has 0 radical (unpaired) electrons. The lowest BCUT2D eigenvalue weighted by Crippen LogP contribution is -2.20. The smallest absolute Gasteiger partial charge is 0.264 e. The Balaban J connectivity index is 1.37. The molecule has 2 amide bonds. The zero-order valence-corrected chi connectivity index (χ0v) is 19.5. The van der Waals surface area contributed by atoms with E-state index in [9.17, 15) is 14.0 Å². The van der Waals surface area contributed by atoms with Crippen molar-refractivity contribution >= 4 is 57.8 Å². The molecule has 0 bridgehead atoms. The van der Waals surface area contributed by atoms with Gasteiger partial charge in [0.25, 0.3) is 11.8 Å². The van der Waals surface area contributed by atoms with Gasteiger partial charge in [0.2, 0.25) is 0 Å².